The molecule has 0 bridgehead atoms. The van der Waals surface area contributed by atoms with Gasteiger partial charge in [0.05, 0.1) is 30.0 Å². The third-order valence-corrected chi connectivity index (χ3v) is 5.60. The first-order valence-electron chi connectivity index (χ1n) is 9.83. The van der Waals surface area contributed by atoms with E-state index in [-0.39, 0.29) is 22.6 Å². The number of rotatable bonds is 4. The highest BCUT2D eigenvalue weighted by atomic mass is 35.5. The molecule has 32 heavy (non-hydrogen) atoms. The number of carbonyl (C=O) groups is 2. The highest BCUT2D eigenvalue weighted by Crippen LogP contribution is 2.45. The molecule has 0 saturated carbocycles. The number of para-hydroxylation sites is 2. The number of aryl methyl sites for hydroxylation is 1. The Kier molecular flexibility index (Phi) is 5.63. The van der Waals surface area contributed by atoms with Gasteiger partial charge in [-0.05, 0) is 42.8 Å². The average molecular weight is 450 g/mol. The Hall–Kier alpha value is -3.77. The van der Waals surface area contributed by atoms with Gasteiger partial charge in [0.1, 0.15) is 17.3 Å². The number of amides is 1. The molecule has 1 aliphatic heterocycles. The van der Waals surface area contributed by atoms with Crippen molar-refractivity contribution in [3.63, 3.8) is 0 Å². The fourth-order valence-corrected chi connectivity index (χ4v) is 4.09. The Morgan fingerprint density at radius 2 is 1.78 bits per heavy atom. The van der Waals surface area contributed by atoms with Gasteiger partial charge in [-0.1, -0.05) is 53.6 Å². The minimum absolute atomic E-state index is 0.121. The van der Waals surface area contributed by atoms with Crippen LogP contribution in [0.3, 0.4) is 0 Å². The maximum Gasteiger partial charge on any atom is 0.300 e. The number of aliphatic hydroxyl groups excluding tert-OH is 1. The molecule has 0 aliphatic carbocycles. The highest BCUT2D eigenvalue weighted by Gasteiger charge is 2.47. The summed E-state index contributed by atoms with van der Waals surface area (Å²) in [4.78, 5) is 27.6. The SMILES string of the molecule is COc1ccc(Cl)cc1/C(O)=C1\C(=O)C(=O)N(c2ccccc2O)C1c1cccc(C)c1. The van der Waals surface area contributed by atoms with E-state index in [1.165, 1.54) is 24.1 Å². The minimum Gasteiger partial charge on any atom is -0.507 e. The monoisotopic (exact) mass is 449 g/mol. The van der Waals surface area contributed by atoms with E-state index in [2.05, 4.69) is 0 Å². The summed E-state index contributed by atoms with van der Waals surface area (Å²) >= 11 is 6.12. The molecular weight excluding hydrogens is 430 g/mol. The van der Waals surface area contributed by atoms with Gasteiger partial charge >= 0.3 is 0 Å². The minimum atomic E-state index is -0.966. The lowest BCUT2D eigenvalue weighted by atomic mass is 9.94. The van der Waals surface area contributed by atoms with E-state index in [9.17, 15) is 19.8 Å². The summed E-state index contributed by atoms with van der Waals surface area (Å²) in [6.07, 6.45) is 0. The van der Waals surface area contributed by atoms with Crippen molar-refractivity contribution >= 4 is 34.7 Å². The second kappa shape index (κ2) is 8.40. The number of ketones is 1. The van der Waals surface area contributed by atoms with Crippen molar-refractivity contribution in [2.75, 3.05) is 12.0 Å². The lowest BCUT2D eigenvalue weighted by Crippen LogP contribution is -2.29. The Bertz CT molecular complexity index is 1270. The van der Waals surface area contributed by atoms with Crippen molar-refractivity contribution < 1.29 is 24.5 Å². The van der Waals surface area contributed by atoms with Gasteiger partial charge in [-0.15, -0.1) is 0 Å². The molecule has 0 spiro atoms. The molecule has 1 amide bonds. The normalized spacial score (nSPS) is 17.6. The van der Waals surface area contributed by atoms with Crippen LogP contribution in [0.2, 0.25) is 5.02 Å². The van der Waals surface area contributed by atoms with Gasteiger partial charge in [0.2, 0.25) is 0 Å². The van der Waals surface area contributed by atoms with Gasteiger partial charge in [-0.25, -0.2) is 0 Å². The van der Waals surface area contributed by atoms with Crippen LogP contribution in [0.15, 0.2) is 72.3 Å². The standard InChI is InChI=1S/C25H20ClNO5/c1-14-6-5-7-15(12-14)22-21(23(29)17-13-16(26)10-11-20(17)32-2)24(30)25(31)27(22)18-8-3-4-9-19(18)28/h3-13,22,28-29H,1-2H3/b23-21+. The number of Topliss-reactive ketones (excluding diaryl/α,β-unsaturated/α-hetero) is 1. The maximum absolute atomic E-state index is 13.2. The van der Waals surface area contributed by atoms with Crippen molar-refractivity contribution in [2.24, 2.45) is 0 Å². The fraction of sp³-hybridized carbons (Fsp3) is 0.120. The van der Waals surface area contributed by atoms with Crippen molar-refractivity contribution in [3.05, 3.63) is 94.0 Å². The van der Waals surface area contributed by atoms with Gasteiger partial charge in [-0.2, -0.15) is 0 Å². The van der Waals surface area contributed by atoms with Crippen LogP contribution < -0.4 is 9.64 Å². The lowest BCUT2D eigenvalue weighted by molar-refractivity contribution is -0.132. The van der Waals surface area contributed by atoms with Gasteiger partial charge in [0.15, 0.2) is 0 Å². The molecule has 0 aromatic heterocycles. The second-order valence-corrected chi connectivity index (χ2v) is 7.85. The van der Waals surface area contributed by atoms with E-state index in [4.69, 9.17) is 16.3 Å². The van der Waals surface area contributed by atoms with Gasteiger partial charge in [-0.3, -0.25) is 14.5 Å². The summed E-state index contributed by atoms with van der Waals surface area (Å²) in [7, 11) is 1.43. The van der Waals surface area contributed by atoms with Gasteiger partial charge in [0.25, 0.3) is 11.7 Å². The molecule has 1 saturated heterocycles. The number of aliphatic hydroxyl groups is 1. The first-order chi connectivity index (χ1) is 15.3. The smallest absolute Gasteiger partial charge is 0.300 e. The Morgan fingerprint density at radius 3 is 2.47 bits per heavy atom. The molecule has 3 aromatic rings. The molecule has 3 aromatic carbocycles. The van der Waals surface area contributed by atoms with Crippen molar-refractivity contribution in [1.29, 1.82) is 0 Å². The number of benzene rings is 3. The molecule has 1 atom stereocenters. The number of hydrogen-bond acceptors (Lipinski definition) is 5. The number of nitrogens with zero attached hydrogens (tertiary/aromatic N) is 1. The van der Waals surface area contributed by atoms with Gasteiger partial charge in [0, 0.05) is 5.02 Å². The Labute approximate surface area is 189 Å². The number of phenolic OH excluding ortho intramolecular Hbond substituents is 1. The van der Waals surface area contributed by atoms with E-state index in [0.29, 0.717) is 16.3 Å². The highest BCUT2D eigenvalue weighted by molar-refractivity contribution is 6.52. The fourth-order valence-electron chi connectivity index (χ4n) is 3.91. The molecule has 1 fully saturated rings. The number of methoxy groups -OCH3 is 1. The zero-order valence-corrected chi connectivity index (χ0v) is 18.1. The molecule has 1 heterocycles. The van der Waals surface area contributed by atoms with Crippen LogP contribution in [0.4, 0.5) is 5.69 Å². The van der Waals surface area contributed by atoms with E-state index in [1.807, 2.05) is 19.1 Å². The molecule has 6 nitrogen and oxygen atoms in total. The number of phenols is 1. The van der Waals surface area contributed by atoms with Crippen molar-refractivity contribution in [3.8, 4) is 11.5 Å². The third kappa shape index (κ3) is 3.59. The topological polar surface area (TPSA) is 87.1 Å². The molecule has 162 valence electrons. The summed E-state index contributed by atoms with van der Waals surface area (Å²) in [5.74, 6) is -2.01. The molecule has 1 aliphatic rings. The summed E-state index contributed by atoms with van der Waals surface area (Å²) in [5.41, 5.74) is 1.75. The molecule has 1 unspecified atom stereocenters. The predicted octanol–water partition coefficient (Wildman–Crippen LogP) is 4.99. The van der Waals surface area contributed by atoms with Crippen LogP contribution in [-0.4, -0.2) is 29.0 Å². The number of carbonyl (C=O) groups excluding carboxylic acids is 2. The van der Waals surface area contributed by atoms with Gasteiger partial charge < -0.3 is 14.9 Å². The molecule has 2 N–H and O–H groups in total. The molecule has 4 rings (SSSR count). The van der Waals surface area contributed by atoms with Crippen molar-refractivity contribution in [1.82, 2.24) is 0 Å². The quantitative estimate of drug-likeness (QED) is 0.333. The first-order valence-corrected chi connectivity index (χ1v) is 10.2. The first kappa shape index (κ1) is 21.5. The second-order valence-electron chi connectivity index (χ2n) is 7.42. The Balaban J connectivity index is 2.02. The van der Waals surface area contributed by atoms with Crippen LogP contribution >= 0.6 is 11.6 Å². The van der Waals surface area contributed by atoms with E-state index in [0.717, 1.165) is 5.56 Å². The predicted molar refractivity (Wildman–Crippen MR) is 122 cm³/mol. The number of halogens is 1. The lowest BCUT2D eigenvalue weighted by Gasteiger charge is -2.26. The van der Waals surface area contributed by atoms with Crippen LogP contribution in [-0.2, 0) is 9.59 Å². The van der Waals surface area contributed by atoms with Crippen LogP contribution in [0, 0.1) is 6.92 Å². The number of ether oxygens (including phenoxy) is 1. The number of hydrogen-bond donors (Lipinski definition) is 2. The molecular formula is C25H20ClNO5. The average Bonchev–Trinajstić information content (AvgIpc) is 3.04. The molecule has 7 heteroatoms. The van der Waals surface area contributed by atoms with Crippen LogP contribution in [0.25, 0.3) is 5.76 Å². The summed E-state index contributed by atoms with van der Waals surface area (Å²) in [6.45, 7) is 1.88. The molecule has 0 radical (unpaired) electrons. The zero-order chi connectivity index (χ0) is 23.0. The largest absolute Gasteiger partial charge is 0.507 e. The van der Waals surface area contributed by atoms with Crippen LogP contribution in [0.5, 0.6) is 11.5 Å². The number of anilines is 1. The summed E-state index contributed by atoms with van der Waals surface area (Å²) in [5, 5.41) is 22.0. The zero-order valence-electron chi connectivity index (χ0n) is 17.4. The van der Waals surface area contributed by atoms with Crippen molar-refractivity contribution in [2.45, 2.75) is 13.0 Å². The Morgan fingerprint density at radius 1 is 1.03 bits per heavy atom. The maximum atomic E-state index is 13.2. The van der Waals surface area contributed by atoms with E-state index in [1.54, 1.807) is 42.5 Å². The summed E-state index contributed by atoms with van der Waals surface area (Å²) < 4.78 is 5.33. The van der Waals surface area contributed by atoms with E-state index >= 15 is 0 Å². The third-order valence-electron chi connectivity index (χ3n) is 5.36. The van der Waals surface area contributed by atoms with E-state index < -0.39 is 23.5 Å². The summed E-state index contributed by atoms with van der Waals surface area (Å²) in [6, 6.07) is 17.2. The number of aromatic hydroxyl groups is 1. The van der Waals surface area contributed by atoms with Crippen LogP contribution in [0.1, 0.15) is 22.7 Å².